The van der Waals surface area contributed by atoms with Crippen LogP contribution in [0.5, 0.6) is 5.75 Å². The number of aliphatic hydroxyl groups excluding tert-OH is 1. The monoisotopic (exact) mass is 313 g/mol. The maximum Gasteiger partial charge on any atom is 0.243 e. The average molecular weight is 313 g/mol. The van der Waals surface area contributed by atoms with Gasteiger partial charge in [0.15, 0.2) is 0 Å². The summed E-state index contributed by atoms with van der Waals surface area (Å²) < 4.78 is 32.4. The minimum atomic E-state index is -3.52. The molecule has 1 aromatic rings. The van der Waals surface area contributed by atoms with Gasteiger partial charge >= 0.3 is 0 Å². The second kappa shape index (κ2) is 6.34. The van der Waals surface area contributed by atoms with Crippen molar-refractivity contribution in [2.24, 2.45) is 5.92 Å². The largest absolute Gasteiger partial charge is 0.496 e. The van der Waals surface area contributed by atoms with Crippen molar-refractivity contribution in [2.75, 3.05) is 26.8 Å². The highest BCUT2D eigenvalue weighted by molar-refractivity contribution is 7.89. The molecule has 6 heteroatoms. The molecule has 21 heavy (non-hydrogen) atoms. The van der Waals surface area contributed by atoms with E-state index in [4.69, 9.17) is 4.74 Å². The van der Waals surface area contributed by atoms with Crippen LogP contribution in [0.3, 0.4) is 0 Å². The third kappa shape index (κ3) is 3.22. The number of nitrogens with zero attached hydrogens (tertiary/aromatic N) is 1. The summed E-state index contributed by atoms with van der Waals surface area (Å²) in [7, 11) is -1.94. The van der Waals surface area contributed by atoms with Crippen molar-refractivity contribution in [3.8, 4) is 5.75 Å². The van der Waals surface area contributed by atoms with Gasteiger partial charge in [-0.1, -0.05) is 0 Å². The molecule has 0 saturated carbocycles. The molecule has 1 heterocycles. The van der Waals surface area contributed by atoms with Gasteiger partial charge in [0.05, 0.1) is 12.0 Å². The quantitative estimate of drug-likeness (QED) is 0.919. The summed E-state index contributed by atoms with van der Waals surface area (Å²) in [6.45, 7) is 4.56. The lowest BCUT2D eigenvalue weighted by Crippen LogP contribution is -2.41. The molecular weight excluding hydrogens is 290 g/mol. The number of rotatable bonds is 4. The van der Waals surface area contributed by atoms with Crippen molar-refractivity contribution in [3.05, 3.63) is 23.3 Å². The summed E-state index contributed by atoms with van der Waals surface area (Å²) in [6, 6.07) is 3.43. The van der Waals surface area contributed by atoms with Gasteiger partial charge in [-0.3, -0.25) is 0 Å². The van der Waals surface area contributed by atoms with Crippen molar-refractivity contribution in [2.45, 2.75) is 31.6 Å². The summed E-state index contributed by atoms with van der Waals surface area (Å²) >= 11 is 0. The molecule has 0 bridgehead atoms. The van der Waals surface area contributed by atoms with E-state index in [1.165, 1.54) is 4.31 Å². The summed E-state index contributed by atoms with van der Waals surface area (Å²) in [5, 5.41) is 9.27. The van der Waals surface area contributed by atoms with Crippen LogP contribution < -0.4 is 4.74 Å². The highest BCUT2D eigenvalue weighted by atomic mass is 32.2. The number of methoxy groups -OCH3 is 1. The Hall–Kier alpha value is -1.11. The molecule has 5 nitrogen and oxygen atoms in total. The van der Waals surface area contributed by atoms with Crippen LogP contribution in [0.15, 0.2) is 17.0 Å². The van der Waals surface area contributed by atoms with Crippen molar-refractivity contribution in [3.63, 3.8) is 0 Å². The van der Waals surface area contributed by atoms with Gasteiger partial charge in [-0.2, -0.15) is 4.31 Å². The van der Waals surface area contributed by atoms with Gasteiger partial charge in [-0.05, 0) is 55.9 Å². The third-order valence-corrected chi connectivity index (χ3v) is 6.06. The molecule has 0 aliphatic carbocycles. The standard InChI is InChI=1S/C15H23NO4S/c1-11-8-15(12(2)7-14(11)20-3)21(18,19)16-6-4-5-13(9-16)10-17/h7-8,13,17H,4-6,9-10H2,1-3H3. The summed E-state index contributed by atoms with van der Waals surface area (Å²) in [5.74, 6) is 0.728. The van der Waals surface area contributed by atoms with Crippen molar-refractivity contribution < 1.29 is 18.3 Å². The van der Waals surface area contributed by atoms with E-state index in [1.54, 1.807) is 26.2 Å². The van der Waals surface area contributed by atoms with E-state index < -0.39 is 10.0 Å². The predicted molar refractivity (Wildman–Crippen MR) is 81.0 cm³/mol. The van der Waals surface area contributed by atoms with Crippen LogP contribution in [-0.4, -0.2) is 44.6 Å². The Labute approximate surface area is 126 Å². The zero-order chi connectivity index (χ0) is 15.6. The molecule has 1 aromatic carbocycles. The Bertz CT molecular complexity index is 612. The maximum atomic E-state index is 12.8. The summed E-state index contributed by atoms with van der Waals surface area (Å²) in [5.41, 5.74) is 1.49. The molecule has 2 rings (SSSR count). The molecule has 0 radical (unpaired) electrons. The van der Waals surface area contributed by atoms with Gasteiger partial charge in [-0.25, -0.2) is 8.42 Å². The molecule has 1 saturated heterocycles. The van der Waals surface area contributed by atoms with E-state index in [0.717, 1.165) is 18.4 Å². The van der Waals surface area contributed by atoms with Crippen LogP contribution in [0, 0.1) is 19.8 Å². The molecular formula is C15H23NO4S. The Morgan fingerprint density at radius 3 is 2.67 bits per heavy atom. The van der Waals surface area contributed by atoms with Gasteiger partial charge in [-0.15, -0.1) is 0 Å². The maximum absolute atomic E-state index is 12.8. The van der Waals surface area contributed by atoms with Crippen molar-refractivity contribution in [1.82, 2.24) is 4.31 Å². The predicted octanol–water partition coefficient (Wildman–Crippen LogP) is 1.71. The first kappa shape index (κ1) is 16.3. The minimum absolute atomic E-state index is 0.0344. The van der Waals surface area contributed by atoms with E-state index in [9.17, 15) is 13.5 Å². The first-order valence-corrected chi connectivity index (χ1v) is 8.60. The number of sulfonamides is 1. The minimum Gasteiger partial charge on any atom is -0.496 e. The van der Waals surface area contributed by atoms with E-state index in [0.29, 0.717) is 29.3 Å². The highest BCUT2D eigenvalue weighted by Crippen LogP contribution is 2.29. The zero-order valence-corrected chi connectivity index (χ0v) is 13.6. The summed E-state index contributed by atoms with van der Waals surface area (Å²) in [4.78, 5) is 0.333. The molecule has 0 aromatic heterocycles. The van der Waals surface area contributed by atoms with Gasteiger partial charge in [0, 0.05) is 19.7 Å². The molecule has 1 aliphatic rings. The van der Waals surface area contributed by atoms with Crippen LogP contribution in [0.4, 0.5) is 0 Å². The Kier molecular flexibility index (Phi) is 4.91. The molecule has 1 atom stereocenters. The van der Waals surface area contributed by atoms with Crippen LogP contribution in [-0.2, 0) is 10.0 Å². The molecule has 118 valence electrons. The van der Waals surface area contributed by atoms with Crippen molar-refractivity contribution in [1.29, 1.82) is 0 Å². The first-order valence-electron chi connectivity index (χ1n) is 7.16. The van der Waals surface area contributed by atoms with E-state index in [1.807, 2.05) is 6.92 Å². The second-order valence-corrected chi connectivity index (χ2v) is 7.55. The Morgan fingerprint density at radius 2 is 2.05 bits per heavy atom. The van der Waals surface area contributed by atoms with Crippen molar-refractivity contribution >= 4 is 10.0 Å². The van der Waals surface area contributed by atoms with Crippen LogP contribution >= 0.6 is 0 Å². The Balaban J connectivity index is 2.37. The smallest absolute Gasteiger partial charge is 0.243 e. The zero-order valence-electron chi connectivity index (χ0n) is 12.8. The fourth-order valence-electron chi connectivity index (χ4n) is 2.79. The number of hydrogen-bond acceptors (Lipinski definition) is 4. The SMILES string of the molecule is COc1cc(C)c(S(=O)(=O)N2CCCC(CO)C2)cc1C. The number of piperidine rings is 1. The molecule has 0 amide bonds. The fraction of sp³-hybridized carbons (Fsp3) is 0.600. The lowest BCUT2D eigenvalue weighted by atomic mass is 10.0. The normalized spacial score (nSPS) is 20.5. The second-order valence-electron chi connectivity index (χ2n) is 5.64. The van der Waals surface area contributed by atoms with E-state index >= 15 is 0 Å². The average Bonchev–Trinajstić information content (AvgIpc) is 2.49. The van der Waals surface area contributed by atoms with Crippen LogP contribution in [0.2, 0.25) is 0 Å². The molecule has 1 unspecified atom stereocenters. The first-order chi connectivity index (χ1) is 9.90. The van der Waals surface area contributed by atoms with Gasteiger partial charge in [0.25, 0.3) is 0 Å². The fourth-order valence-corrected chi connectivity index (χ4v) is 4.64. The lowest BCUT2D eigenvalue weighted by Gasteiger charge is -2.31. The molecule has 0 spiro atoms. The third-order valence-electron chi connectivity index (χ3n) is 4.05. The van der Waals surface area contributed by atoms with E-state index in [-0.39, 0.29) is 12.5 Å². The highest BCUT2D eigenvalue weighted by Gasteiger charge is 2.31. The number of hydrogen-bond donors (Lipinski definition) is 1. The molecule has 1 fully saturated rings. The van der Waals surface area contributed by atoms with E-state index in [2.05, 4.69) is 0 Å². The van der Waals surface area contributed by atoms with Crippen LogP contribution in [0.1, 0.15) is 24.0 Å². The van der Waals surface area contributed by atoms with Crippen LogP contribution in [0.25, 0.3) is 0 Å². The molecule has 1 aliphatic heterocycles. The number of benzene rings is 1. The van der Waals surface area contributed by atoms with Gasteiger partial charge < -0.3 is 9.84 Å². The molecule has 1 N–H and O–H groups in total. The lowest BCUT2D eigenvalue weighted by molar-refractivity contribution is 0.165. The number of aliphatic hydroxyl groups is 1. The number of ether oxygens (including phenoxy) is 1. The topological polar surface area (TPSA) is 66.8 Å². The van der Waals surface area contributed by atoms with Gasteiger partial charge in [0.2, 0.25) is 10.0 Å². The Morgan fingerprint density at radius 1 is 1.33 bits per heavy atom. The summed E-state index contributed by atoms with van der Waals surface area (Å²) in [6.07, 6.45) is 1.67. The van der Waals surface area contributed by atoms with Gasteiger partial charge in [0.1, 0.15) is 5.75 Å². The number of aryl methyl sites for hydroxylation is 2.